The van der Waals surface area contributed by atoms with Gasteiger partial charge < -0.3 is 15.4 Å². The van der Waals surface area contributed by atoms with Crippen molar-refractivity contribution in [2.45, 2.75) is 45.3 Å². The van der Waals surface area contributed by atoms with E-state index in [4.69, 9.17) is 4.74 Å². The first-order valence-electron chi connectivity index (χ1n) is 8.98. The van der Waals surface area contributed by atoms with Gasteiger partial charge in [0.1, 0.15) is 5.75 Å². The fraction of sp³-hybridized carbons (Fsp3) is 0.632. The number of rotatable bonds is 8. The fourth-order valence-electron chi connectivity index (χ4n) is 3.05. The molecule has 2 rings (SSSR count). The van der Waals surface area contributed by atoms with Crippen molar-refractivity contribution in [1.82, 2.24) is 15.5 Å². The quantitative estimate of drug-likeness (QED) is 0.738. The summed E-state index contributed by atoms with van der Waals surface area (Å²) in [6, 6.07) is 8.61. The van der Waals surface area contributed by atoms with E-state index in [2.05, 4.69) is 27.7 Å². The highest BCUT2D eigenvalue weighted by molar-refractivity contribution is 5.85. The van der Waals surface area contributed by atoms with Crippen molar-refractivity contribution in [3.05, 3.63) is 29.8 Å². The van der Waals surface area contributed by atoms with Crippen molar-refractivity contribution in [2.24, 2.45) is 0 Å². The lowest BCUT2D eigenvalue weighted by molar-refractivity contribution is -0.122. The van der Waals surface area contributed by atoms with E-state index in [1.54, 1.807) is 0 Å². The minimum atomic E-state index is 0. The number of likely N-dealkylation sites (tertiary alicyclic amines) is 1. The number of amides is 1. The number of nitrogens with zero attached hydrogens (tertiary/aromatic N) is 1. The predicted octanol–water partition coefficient (Wildman–Crippen LogP) is 2.24. The van der Waals surface area contributed by atoms with Crippen LogP contribution in [0.2, 0.25) is 0 Å². The molecule has 1 aliphatic rings. The zero-order valence-corrected chi connectivity index (χ0v) is 16.4. The van der Waals surface area contributed by atoms with E-state index in [1.807, 2.05) is 33.0 Å². The van der Waals surface area contributed by atoms with E-state index >= 15 is 0 Å². The van der Waals surface area contributed by atoms with Crippen molar-refractivity contribution in [2.75, 3.05) is 33.2 Å². The van der Waals surface area contributed by atoms with Crippen LogP contribution in [0.5, 0.6) is 5.75 Å². The number of piperidine rings is 1. The molecular weight excluding hydrogens is 338 g/mol. The topological polar surface area (TPSA) is 53.6 Å². The Labute approximate surface area is 157 Å². The number of carbonyl (C=O) groups excluding carboxylic acids is 1. The number of likely N-dealkylation sites (N-methyl/N-ethyl adjacent to an activating group) is 1. The predicted molar refractivity (Wildman–Crippen MR) is 105 cm³/mol. The zero-order valence-electron chi connectivity index (χ0n) is 15.6. The Morgan fingerprint density at radius 1 is 1.32 bits per heavy atom. The highest BCUT2D eigenvalue weighted by Crippen LogP contribution is 2.14. The Balaban J connectivity index is 0.00000312. The van der Waals surface area contributed by atoms with Crippen molar-refractivity contribution in [3.63, 3.8) is 0 Å². The Morgan fingerprint density at radius 2 is 2.04 bits per heavy atom. The Hall–Kier alpha value is -1.30. The number of hydrogen-bond acceptors (Lipinski definition) is 4. The lowest BCUT2D eigenvalue weighted by atomic mass is 10.1. The highest BCUT2D eigenvalue weighted by atomic mass is 35.5. The Morgan fingerprint density at radius 3 is 2.68 bits per heavy atom. The average molecular weight is 370 g/mol. The van der Waals surface area contributed by atoms with Crippen LogP contribution in [0, 0.1) is 0 Å². The summed E-state index contributed by atoms with van der Waals surface area (Å²) in [5.74, 6) is 1.01. The number of carbonyl (C=O) groups is 1. The molecule has 1 unspecified atom stereocenters. The summed E-state index contributed by atoms with van der Waals surface area (Å²) in [5, 5.41) is 6.33. The van der Waals surface area contributed by atoms with Crippen molar-refractivity contribution in [1.29, 1.82) is 0 Å². The first kappa shape index (κ1) is 21.7. The molecule has 25 heavy (non-hydrogen) atoms. The first-order chi connectivity index (χ1) is 11.6. The second-order valence-corrected chi connectivity index (χ2v) is 6.77. The van der Waals surface area contributed by atoms with Gasteiger partial charge >= 0.3 is 0 Å². The maximum absolute atomic E-state index is 12.1. The van der Waals surface area contributed by atoms with Gasteiger partial charge in [-0.15, -0.1) is 12.4 Å². The van der Waals surface area contributed by atoms with E-state index in [1.165, 1.54) is 12.0 Å². The SMILES string of the molecule is CNC1CCCN(CC(=O)NCCc2ccc(OC(C)C)cc2)C1.Cl. The molecule has 0 radical (unpaired) electrons. The van der Waals surface area contributed by atoms with E-state index < -0.39 is 0 Å². The lowest BCUT2D eigenvalue weighted by Crippen LogP contribution is -2.48. The zero-order chi connectivity index (χ0) is 17.4. The van der Waals surface area contributed by atoms with Gasteiger partial charge in [-0.2, -0.15) is 0 Å². The van der Waals surface area contributed by atoms with Gasteiger partial charge in [-0.25, -0.2) is 0 Å². The van der Waals surface area contributed by atoms with Gasteiger partial charge in [-0.1, -0.05) is 12.1 Å². The second-order valence-electron chi connectivity index (χ2n) is 6.77. The normalized spacial score (nSPS) is 17.8. The molecule has 0 saturated carbocycles. The standard InChI is InChI=1S/C19H31N3O2.ClH/c1-15(2)24-18-8-6-16(7-9-18)10-11-21-19(23)14-22-12-4-5-17(13-22)20-3;/h6-9,15,17,20H,4-5,10-14H2,1-3H3,(H,21,23);1H. The van der Waals surface area contributed by atoms with Crippen LogP contribution in [0.4, 0.5) is 0 Å². The third-order valence-corrected chi connectivity index (χ3v) is 4.31. The third-order valence-electron chi connectivity index (χ3n) is 4.31. The Kier molecular flexibility index (Phi) is 9.86. The molecule has 1 aliphatic heterocycles. The lowest BCUT2D eigenvalue weighted by Gasteiger charge is -2.31. The smallest absolute Gasteiger partial charge is 0.234 e. The van der Waals surface area contributed by atoms with E-state index in [9.17, 15) is 4.79 Å². The van der Waals surface area contributed by atoms with Crippen LogP contribution in [-0.2, 0) is 11.2 Å². The summed E-state index contributed by atoms with van der Waals surface area (Å²) in [5.41, 5.74) is 1.21. The van der Waals surface area contributed by atoms with Crippen molar-refractivity contribution < 1.29 is 9.53 Å². The van der Waals surface area contributed by atoms with Crippen LogP contribution in [-0.4, -0.2) is 56.2 Å². The molecule has 0 aromatic heterocycles. The van der Waals surface area contributed by atoms with Gasteiger partial charge in [-0.05, 0) is 64.4 Å². The van der Waals surface area contributed by atoms with Crippen LogP contribution in [0.25, 0.3) is 0 Å². The summed E-state index contributed by atoms with van der Waals surface area (Å²) in [4.78, 5) is 14.3. The summed E-state index contributed by atoms with van der Waals surface area (Å²) in [7, 11) is 1.99. The molecule has 1 atom stereocenters. The molecule has 1 saturated heterocycles. The van der Waals surface area contributed by atoms with Gasteiger partial charge in [0.25, 0.3) is 0 Å². The van der Waals surface area contributed by atoms with Gasteiger partial charge in [-0.3, -0.25) is 9.69 Å². The molecule has 2 N–H and O–H groups in total. The second kappa shape index (κ2) is 11.3. The van der Waals surface area contributed by atoms with Crippen molar-refractivity contribution >= 4 is 18.3 Å². The van der Waals surface area contributed by atoms with E-state index in [0.29, 0.717) is 19.1 Å². The maximum Gasteiger partial charge on any atom is 0.234 e. The molecule has 0 spiro atoms. The molecule has 1 heterocycles. The highest BCUT2D eigenvalue weighted by Gasteiger charge is 2.19. The average Bonchev–Trinajstić information content (AvgIpc) is 2.56. The van der Waals surface area contributed by atoms with Crippen LogP contribution in [0.15, 0.2) is 24.3 Å². The fourth-order valence-corrected chi connectivity index (χ4v) is 3.05. The monoisotopic (exact) mass is 369 g/mol. The van der Waals surface area contributed by atoms with E-state index in [0.717, 1.165) is 31.7 Å². The molecule has 0 aliphatic carbocycles. The molecule has 1 fully saturated rings. The molecule has 1 aromatic rings. The molecule has 1 aromatic carbocycles. The molecule has 6 heteroatoms. The minimum absolute atomic E-state index is 0. The van der Waals surface area contributed by atoms with Crippen LogP contribution in [0.3, 0.4) is 0 Å². The molecule has 142 valence electrons. The summed E-state index contributed by atoms with van der Waals surface area (Å²) in [6.45, 7) is 7.19. The van der Waals surface area contributed by atoms with Gasteiger partial charge in [0, 0.05) is 19.1 Å². The Bertz CT molecular complexity index is 508. The van der Waals surface area contributed by atoms with Crippen molar-refractivity contribution in [3.8, 4) is 5.75 Å². The minimum Gasteiger partial charge on any atom is -0.491 e. The molecule has 1 amide bonds. The maximum atomic E-state index is 12.1. The van der Waals surface area contributed by atoms with Crippen LogP contribution < -0.4 is 15.4 Å². The van der Waals surface area contributed by atoms with Crippen LogP contribution in [0.1, 0.15) is 32.3 Å². The van der Waals surface area contributed by atoms with Gasteiger partial charge in [0.2, 0.25) is 5.91 Å². The number of ether oxygens (including phenoxy) is 1. The van der Waals surface area contributed by atoms with E-state index in [-0.39, 0.29) is 24.4 Å². The van der Waals surface area contributed by atoms with Crippen LogP contribution >= 0.6 is 12.4 Å². The third kappa shape index (κ3) is 8.08. The van der Waals surface area contributed by atoms with Gasteiger partial charge in [0.15, 0.2) is 0 Å². The number of benzene rings is 1. The number of halogens is 1. The largest absolute Gasteiger partial charge is 0.491 e. The number of nitrogens with one attached hydrogen (secondary N) is 2. The van der Waals surface area contributed by atoms with Gasteiger partial charge in [0.05, 0.1) is 12.6 Å². The number of hydrogen-bond donors (Lipinski definition) is 2. The summed E-state index contributed by atoms with van der Waals surface area (Å²) in [6.07, 6.45) is 3.38. The molecule has 0 bridgehead atoms. The first-order valence-corrected chi connectivity index (χ1v) is 8.98. The summed E-state index contributed by atoms with van der Waals surface area (Å²) >= 11 is 0. The molecular formula is C19H32ClN3O2. The molecule has 5 nitrogen and oxygen atoms in total. The summed E-state index contributed by atoms with van der Waals surface area (Å²) < 4.78 is 5.63.